The second kappa shape index (κ2) is 4.90. The number of nitrogens with zero attached hydrogens (tertiary/aromatic N) is 3. The van der Waals surface area contributed by atoms with Gasteiger partial charge in [-0.1, -0.05) is 6.07 Å². The Morgan fingerprint density at radius 3 is 2.81 bits per heavy atom. The van der Waals surface area contributed by atoms with Crippen LogP contribution in [0.15, 0.2) is 37.1 Å². The first-order chi connectivity index (χ1) is 7.81. The fraction of sp³-hybridized carbons (Fsp3) is 0.333. The van der Waals surface area contributed by atoms with Crippen LogP contribution in [0.5, 0.6) is 0 Å². The highest BCUT2D eigenvalue weighted by atomic mass is 15.1. The molecule has 0 aliphatic carbocycles. The molecule has 4 nitrogen and oxygen atoms in total. The number of aryl methyl sites for hydroxylation is 1. The van der Waals surface area contributed by atoms with Gasteiger partial charge in [0.1, 0.15) is 0 Å². The monoisotopic (exact) mass is 216 g/mol. The van der Waals surface area contributed by atoms with Crippen LogP contribution >= 0.6 is 0 Å². The van der Waals surface area contributed by atoms with Gasteiger partial charge in [-0.05, 0) is 25.1 Å². The molecule has 2 heterocycles. The van der Waals surface area contributed by atoms with Crippen LogP contribution in [0.1, 0.15) is 17.3 Å². The first kappa shape index (κ1) is 10.8. The minimum absolute atomic E-state index is 0.275. The van der Waals surface area contributed by atoms with E-state index in [-0.39, 0.29) is 6.04 Å². The third kappa shape index (κ3) is 2.28. The van der Waals surface area contributed by atoms with Crippen LogP contribution in [-0.4, -0.2) is 21.6 Å². The van der Waals surface area contributed by atoms with Gasteiger partial charge < -0.3 is 9.88 Å². The van der Waals surface area contributed by atoms with E-state index in [4.69, 9.17) is 0 Å². The van der Waals surface area contributed by atoms with Crippen LogP contribution in [0, 0.1) is 0 Å². The molecule has 0 aromatic carbocycles. The summed E-state index contributed by atoms with van der Waals surface area (Å²) in [6.45, 7) is 0. The van der Waals surface area contributed by atoms with E-state index in [1.165, 1.54) is 11.3 Å². The van der Waals surface area contributed by atoms with Gasteiger partial charge >= 0.3 is 0 Å². The van der Waals surface area contributed by atoms with Crippen molar-refractivity contribution in [2.45, 2.75) is 12.5 Å². The summed E-state index contributed by atoms with van der Waals surface area (Å²) in [5, 5.41) is 3.31. The van der Waals surface area contributed by atoms with Gasteiger partial charge in [-0.15, -0.1) is 0 Å². The molecule has 2 rings (SSSR count). The molecule has 0 bridgehead atoms. The summed E-state index contributed by atoms with van der Waals surface area (Å²) in [5.41, 5.74) is 2.41. The fourth-order valence-electron chi connectivity index (χ4n) is 1.81. The molecule has 16 heavy (non-hydrogen) atoms. The van der Waals surface area contributed by atoms with Crippen LogP contribution < -0.4 is 5.32 Å². The number of aromatic nitrogens is 3. The van der Waals surface area contributed by atoms with Gasteiger partial charge in [-0.3, -0.25) is 4.98 Å². The van der Waals surface area contributed by atoms with Crippen molar-refractivity contribution >= 4 is 0 Å². The average Bonchev–Trinajstić information content (AvgIpc) is 2.74. The lowest BCUT2D eigenvalue weighted by Crippen LogP contribution is -2.21. The molecule has 0 fully saturated rings. The van der Waals surface area contributed by atoms with Gasteiger partial charge in [0.15, 0.2) is 0 Å². The summed E-state index contributed by atoms with van der Waals surface area (Å²) < 4.78 is 2.04. The predicted octanol–water partition coefficient (Wildman–Crippen LogP) is 1.32. The Bertz CT molecular complexity index is 435. The number of pyridine rings is 1. The van der Waals surface area contributed by atoms with E-state index in [0.29, 0.717) is 0 Å². The predicted molar refractivity (Wildman–Crippen MR) is 62.9 cm³/mol. The quantitative estimate of drug-likeness (QED) is 0.838. The SMILES string of the molecule is CNC(Cc1cccnc1)c1cncn1C. The van der Waals surface area contributed by atoms with Gasteiger partial charge in [0.25, 0.3) is 0 Å². The van der Waals surface area contributed by atoms with Crippen LogP contribution in [0.4, 0.5) is 0 Å². The maximum atomic E-state index is 4.14. The summed E-state index contributed by atoms with van der Waals surface area (Å²) in [6.07, 6.45) is 8.34. The smallest absolute Gasteiger partial charge is 0.0946 e. The van der Waals surface area contributed by atoms with E-state index in [1.807, 2.05) is 43.4 Å². The summed E-state index contributed by atoms with van der Waals surface area (Å²) in [7, 11) is 3.98. The molecule has 84 valence electrons. The molecule has 1 atom stereocenters. The Morgan fingerprint density at radius 1 is 1.38 bits per heavy atom. The van der Waals surface area contributed by atoms with Crippen molar-refractivity contribution in [3.63, 3.8) is 0 Å². The van der Waals surface area contributed by atoms with Gasteiger partial charge in [-0.2, -0.15) is 0 Å². The first-order valence-corrected chi connectivity index (χ1v) is 5.33. The highest BCUT2D eigenvalue weighted by Gasteiger charge is 2.13. The van der Waals surface area contributed by atoms with Crippen LogP contribution in [0.2, 0.25) is 0 Å². The van der Waals surface area contributed by atoms with Gasteiger partial charge in [0.2, 0.25) is 0 Å². The molecule has 0 saturated heterocycles. The molecular weight excluding hydrogens is 200 g/mol. The van der Waals surface area contributed by atoms with Crippen molar-refractivity contribution in [3.05, 3.63) is 48.3 Å². The third-order valence-corrected chi connectivity index (χ3v) is 2.72. The lowest BCUT2D eigenvalue weighted by Gasteiger charge is -2.16. The van der Waals surface area contributed by atoms with E-state index < -0.39 is 0 Å². The van der Waals surface area contributed by atoms with Gasteiger partial charge in [0, 0.05) is 25.6 Å². The number of rotatable bonds is 4. The molecule has 4 heteroatoms. The number of imidazole rings is 1. The molecule has 2 aromatic heterocycles. The third-order valence-electron chi connectivity index (χ3n) is 2.72. The molecule has 1 unspecified atom stereocenters. The molecule has 0 radical (unpaired) electrons. The molecule has 1 N–H and O–H groups in total. The van der Waals surface area contributed by atoms with Crippen molar-refractivity contribution < 1.29 is 0 Å². The van der Waals surface area contributed by atoms with E-state index in [1.54, 1.807) is 6.20 Å². The van der Waals surface area contributed by atoms with E-state index in [9.17, 15) is 0 Å². The summed E-state index contributed by atoms with van der Waals surface area (Å²) in [6, 6.07) is 4.33. The summed E-state index contributed by atoms with van der Waals surface area (Å²) >= 11 is 0. The lowest BCUT2D eigenvalue weighted by molar-refractivity contribution is 0.554. The molecule has 2 aromatic rings. The number of hydrogen-bond acceptors (Lipinski definition) is 3. The van der Waals surface area contributed by atoms with Crippen LogP contribution in [-0.2, 0) is 13.5 Å². The Hall–Kier alpha value is -1.68. The average molecular weight is 216 g/mol. The van der Waals surface area contributed by atoms with E-state index >= 15 is 0 Å². The largest absolute Gasteiger partial charge is 0.336 e. The zero-order chi connectivity index (χ0) is 11.4. The molecule has 0 amide bonds. The number of likely N-dealkylation sites (N-methyl/N-ethyl adjacent to an activating group) is 1. The van der Waals surface area contributed by atoms with Gasteiger partial charge in [0.05, 0.1) is 18.1 Å². The van der Waals surface area contributed by atoms with Crippen molar-refractivity contribution in [1.29, 1.82) is 0 Å². The van der Waals surface area contributed by atoms with E-state index in [2.05, 4.69) is 21.4 Å². The van der Waals surface area contributed by atoms with Crippen molar-refractivity contribution in [1.82, 2.24) is 19.9 Å². The zero-order valence-corrected chi connectivity index (χ0v) is 9.59. The minimum Gasteiger partial charge on any atom is -0.336 e. The van der Waals surface area contributed by atoms with Crippen LogP contribution in [0.3, 0.4) is 0 Å². The standard InChI is InChI=1S/C12H16N4/c1-13-11(12-8-15-9-16(12)2)6-10-4-3-5-14-7-10/h3-5,7-9,11,13H,6H2,1-2H3. The number of hydrogen-bond donors (Lipinski definition) is 1. The highest BCUT2D eigenvalue weighted by molar-refractivity contribution is 5.15. The Balaban J connectivity index is 2.16. The Labute approximate surface area is 95.4 Å². The van der Waals surface area contributed by atoms with Crippen molar-refractivity contribution in [2.24, 2.45) is 7.05 Å². The second-order valence-corrected chi connectivity index (χ2v) is 3.84. The van der Waals surface area contributed by atoms with Crippen molar-refractivity contribution in [2.75, 3.05) is 7.05 Å². The van der Waals surface area contributed by atoms with Crippen LogP contribution in [0.25, 0.3) is 0 Å². The lowest BCUT2D eigenvalue weighted by atomic mass is 10.1. The maximum absolute atomic E-state index is 4.14. The highest BCUT2D eigenvalue weighted by Crippen LogP contribution is 2.16. The first-order valence-electron chi connectivity index (χ1n) is 5.33. The Kier molecular flexibility index (Phi) is 3.31. The van der Waals surface area contributed by atoms with E-state index in [0.717, 1.165) is 6.42 Å². The zero-order valence-electron chi connectivity index (χ0n) is 9.59. The Morgan fingerprint density at radius 2 is 2.25 bits per heavy atom. The summed E-state index contributed by atoms with van der Waals surface area (Å²) in [4.78, 5) is 8.27. The second-order valence-electron chi connectivity index (χ2n) is 3.84. The molecule has 0 saturated carbocycles. The van der Waals surface area contributed by atoms with Crippen molar-refractivity contribution in [3.8, 4) is 0 Å². The van der Waals surface area contributed by atoms with Gasteiger partial charge in [-0.25, -0.2) is 4.98 Å². The molecule has 0 aliphatic heterocycles. The number of nitrogens with one attached hydrogen (secondary N) is 1. The molecular formula is C12H16N4. The minimum atomic E-state index is 0.275. The normalized spacial score (nSPS) is 12.6. The maximum Gasteiger partial charge on any atom is 0.0946 e. The summed E-state index contributed by atoms with van der Waals surface area (Å²) in [5.74, 6) is 0. The molecule has 0 spiro atoms. The molecule has 0 aliphatic rings. The fourth-order valence-corrected chi connectivity index (χ4v) is 1.81. The topological polar surface area (TPSA) is 42.7 Å².